The molecule has 0 radical (unpaired) electrons. The predicted molar refractivity (Wildman–Crippen MR) is 38.5 cm³/mol. The van der Waals surface area contributed by atoms with Crippen molar-refractivity contribution in [2.24, 2.45) is 11.8 Å². The zero-order chi connectivity index (χ0) is 8.27. The number of ether oxygens (including phenoxy) is 1. The van der Waals surface area contributed by atoms with Crippen molar-refractivity contribution in [1.29, 1.82) is 5.26 Å². The molecular weight excluding hydrogens is 142 g/mol. The van der Waals surface area contributed by atoms with E-state index >= 15 is 0 Å². The van der Waals surface area contributed by atoms with E-state index in [0.717, 1.165) is 19.3 Å². The van der Waals surface area contributed by atoms with Gasteiger partial charge in [0.15, 0.2) is 0 Å². The van der Waals surface area contributed by atoms with Crippen LogP contribution in [0.15, 0.2) is 0 Å². The molecule has 0 amide bonds. The number of carbonyl (C=O) groups is 1. The van der Waals surface area contributed by atoms with E-state index in [1.54, 1.807) is 0 Å². The van der Waals surface area contributed by atoms with E-state index in [4.69, 9.17) is 5.26 Å². The van der Waals surface area contributed by atoms with Crippen molar-refractivity contribution in [3.05, 3.63) is 0 Å². The van der Waals surface area contributed by atoms with Crippen molar-refractivity contribution in [2.45, 2.75) is 19.3 Å². The summed E-state index contributed by atoms with van der Waals surface area (Å²) >= 11 is 0. The zero-order valence-corrected chi connectivity index (χ0v) is 6.54. The lowest BCUT2D eigenvalue weighted by molar-refractivity contribution is -0.146. The Balaban J connectivity index is 2.58. The molecule has 3 heteroatoms. The van der Waals surface area contributed by atoms with Gasteiger partial charge in [0.05, 0.1) is 25.0 Å². The number of carbonyl (C=O) groups excluding carboxylic acids is 1. The summed E-state index contributed by atoms with van der Waals surface area (Å²) in [6, 6.07) is 2.13. The Labute approximate surface area is 66.0 Å². The monoisotopic (exact) mass is 153 g/mol. The van der Waals surface area contributed by atoms with E-state index in [0.29, 0.717) is 0 Å². The molecule has 0 heterocycles. The molecule has 1 saturated carbocycles. The number of hydrogen-bond acceptors (Lipinski definition) is 3. The van der Waals surface area contributed by atoms with Gasteiger partial charge in [-0.1, -0.05) is 6.42 Å². The second-order valence-electron chi connectivity index (χ2n) is 2.80. The standard InChI is InChI=1S/C8H11NO2/c1-11-8(10)7-4-2-3-6(7)5-9/h6-7H,2-4H2,1H3/t6-,7+/m0/s1. The highest BCUT2D eigenvalue weighted by Gasteiger charge is 2.33. The van der Waals surface area contributed by atoms with Crippen molar-refractivity contribution >= 4 is 5.97 Å². The van der Waals surface area contributed by atoms with E-state index < -0.39 is 0 Å². The first-order valence-corrected chi connectivity index (χ1v) is 3.77. The summed E-state index contributed by atoms with van der Waals surface area (Å²) in [6.45, 7) is 0. The molecule has 1 fully saturated rings. The third kappa shape index (κ3) is 1.51. The summed E-state index contributed by atoms with van der Waals surface area (Å²) in [4.78, 5) is 11.0. The van der Waals surface area contributed by atoms with Gasteiger partial charge in [0, 0.05) is 0 Å². The Kier molecular flexibility index (Phi) is 2.48. The Morgan fingerprint density at radius 3 is 2.91 bits per heavy atom. The quantitative estimate of drug-likeness (QED) is 0.530. The summed E-state index contributed by atoms with van der Waals surface area (Å²) in [6.07, 6.45) is 2.62. The first-order valence-electron chi connectivity index (χ1n) is 3.77. The first kappa shape index (κ1) is 8.06. The molecule has 0 aliphatic heterocycles. The summed E-state index contributed by atoms with van der Waals surface area (Å²) in [5.74, 6) is -0.499. The van der Waals surface area contributed by atoms with Crippen LogP contribution in [-0.2, 0) is 9.53 Å². The van der Waals surface area contributed by atoms with Crippen LogP contribution in [0.2, 0.25) is 0 Å². The molecule has 2 atom stereocenters. The van der Waals surface area contributed by atoms with Gasteiger partial charge in [-0.05, 0) is 12.8 Å². The SMILES string of the molecule is COC(=O)[C@@H]1CCC[C@H]1C#N. The highest BCUT2D eigenvalue weighted by Crippen LogP contribution is 2.31. The average molecular weight is 153 g/mol. The largest absolute Gasteiger partial charge is 0.469 e. The fraction of sp³-hybridized carbons (Fsp3) is 0.750. The second kappa shape index (κ2) is 3.38. The predicted octanol–water partition coefficient (Wildman–Crippen LogP) is 1.10. The van der Waals surface area contributed by atoms with Gasteiger partial charge in [-0.3, -0.25) is 4.79 Å². The first-order chi connectivity index (χ1) is 5.29. The fourth-order valence-corrected chi connectivity index (χ4v) is 1.55. The zero-order valence-electron chi connectivity index (χ0n) is 6.54. The maximum atomic E-state index is 11.0. The van der Waals surface area contributed by atoms with Gasteiger partial charge in [0.25, 0.3) is 0 Å². The van der Waals surface area contributed by atoms with Crippen molar-refractivity contribution in [3.63, 3.8) is 0 Å². The Morgan fingerprint density at radius 1 is 1.64 bits per heavy atom. The molecule has 0 aromatic rings. The van der Waals surface area contributed by atoms with E-state index in [1.807, 2.05) is 0 Å². The van der Waals surface area contributed by atoms with E-state index in [9.17, 15) is 4.79 Å². The number of esters is 1. The van der Waals surface area contributed by atoms with Crippen LogP contribution >= 0.6 is 0 Å². The van der Waals surface area contributed by atoms with Crippen molar-refractivity contribution < 1.29 is 9.53 Å². The Bertz CT molecular complexity index is 195. The molecule has 0 unspecified atom stereocenters. The Morgan fingerprint density at radius 2 is 2.36 bits per heavy atom. The molecule has 0 N–H and O–H groups in total. The van der Waals surface area contributed by atoms with E-state index in [2.05, 4.69) is 10.8 Å². The third-order valence-electron chi connectivity index (χ3n) is 2.19. The molecule has 1 aliphatic rings. The van der Waals surface area contributed by atoms with Crippen LogP contribution in [-0.4, -0.2) is 13.1 Å². The number of rotatable bonds is 1. The maximum Gasteiger partial charge on any atom is 0.309 e. The highest BCUT2D eigenvalue weighted by atomic mass is 16.5. The van der Waals surface area contributed by atoms with Crippen molar-refractivity contribution in [1.82, 2.24) is 0 Å². The van der Waals surface area contributed by atoms with Crippen LogP contribution in [0.3, 0.4) is 0 Å². The van der Waals surface area contributed by atoms with Crippen molar-refractivity contribution in [3.8, 4) is 6.07 Å². The topological polar surface area (TPSA) is 50.1 Å². The van der Waals surface area contributed by atoms with Crippen LogP contribution < -0.4 is 0 Å². The van der Waals surface area contributed by atoms with Gasteiger partial charge in [0.2, 0.25) is 0 Å². The smallest absolute Gasteiger partial charge is 0.309 e. The fourth-order valence-electron chi connectivity index (χ4n) is 1.55. The van der Waals surface area contributed by atoms with Gasteiger partial charge < -0.3 is 4.74 Å². The van der Waals surface area contributed by atoms with Gasteiger partial charge in [-0.15, -0.1) is 0 Å². The van der Waals surface area contributed by atoms with Crippen LogP contribution in [0.25, 0.3) is 0 Å². The molecule has 0 aromatic carbocycles. The van der Waals surface area contributed by atoms with Gasteiger partial charge in [0.1, 0.15) is 0 Å². The molecule has 0 saturated heterocycles. The number of hydrogen-bond donors (Lipinski definition) is 0. The number of methoxy groups -OCH3 is 1. The summed E-state index contributed by atoms with van der Waals surface area (Å²) in [5.41, 5.74) is 0. The molecule has 0 bridgehead atoms. The molecular formula is C8H11NO2. The van der Waals surface area contributed by atoms with E-state index in [1.165, 1.54) is 7.11 Å². The van der Waals surface area contributed by atoms with Gasteiger partial charge in [-0.25, -0.2) is 0 Å². The molecule has 11 heavy (non-hydrogen) atoms. The summed E-state index contributed by atoms with van der Waals surface area (Å²) in [5, 5.41) is 8.62. The van der Waals surface area contributed by atoms with E-state index in [-0.39, 0.29) is 17.8 Å². The summed E-state index contributed by atoms with van der Waals surface area (Å²) < 4.78 is 4.58. The summed E-state index contributed by atoms with van der Waals surface area (Å²) in [7, 11) is 1.37. The minimum absolute atomic E-state index is 0.109. The van der Waals surface area contributed by atoms with Crippen LogP contribution in [0.1, 0.15) is 19.3 Å². The molecule has 1 aliphatic carbocycles. The normalized spacial score (nSPS) is 29.5. The minimum atomic E-state index is -0.228. The maximum absolute atomic E-state index is 11.0. The van der Waals surface area contributed by atoms with Crippen molar-refractivity contribution in [2.75, 3.05) is 7.11 Å². The third-order valence-corrected chi connectivity index (χ3v) is 2.19. The molecule has 3 nitrogen and oxygen atoms in total. The molecule has 0 spiro atoms. The number of nitrogens with zero attached hydrogens (tertiary/aromatic N) is 1. The lowest BCUT2D eigenvalue weighted by Crippen LogP contribution is -2.18. The Hall–Kier alpha value is -1.04. The van der Waals surface area contributed by atoms with Gasteiger partial charge in [-0.2, -0.15) is 5.26 Å². The van der Waals surface area contributed by atoms with Crippen LogP contribution in [0.5, 0.6) is 0 Å². The van der Waals surface area contributed by atoms with Crippen LogP contribution in [0, 0.1) is 23.2 Å². The molecule has 1 rings (SSSR count). The number of nitriles is 1. The average Bonchev–Trinajstić information content (AvgIpc) is 2.50. The second-order valence-corrected chi connectivity index (χ2v) is 2.80. The lowest BCUT2D eigenvalue weighted by Gasteiger charge is -2.08. The molecule has 60 valence electrons. The lowest BCUT2D eigenvalue weighted by atomic mass is 9.98. The van der Waals surface area contributed by atoms with Crippen LogP contribution in [0.4, 0.5) is 0 Å². The highest BCUT2D eigenvalue weighted by molar-refractivity contribution is 5.73. The minimum Gasteiger partial charge on any atom is -0.469 e. The van der Waals surface area contributed by atoms with Gasteiger partial charge >= 0.3 is 5.97 Å². The molecule has 0 aromatic heterocycles.